The summed E-state index contributed by atoms with van der Waals surface area (Å²) in [5.74, 6) is -0.0738. The first-order valence-electron chi connectivity index (χ1n) is 6.41. The van der Waals surface area contributed by atoms with Crippen LogP contribution in [0.3, 0.4) is 0 Å². The minimum atomic E-state index is -0.102. The van der Waals surface area contributed by atoms with Gasteiger partial charge in [-0.2, -0.15) is 5.10 Å². The Bertz CT molecular complexity index is 392. The van der Waals surface area contributed by atoms with Gasteiger partial charge in [-0.05, 0) is 34.2 Å². The van der Waals surface area contributed by atoms with Crippen molar-refractivity contribution < 1.29 is 4.79 Å². The third-order valence-corrected chi connectivity index (χ3v) is 2.65. The second-order valence-electron chi connectivity index (χ2n) is 5.51. The number of amides is 1. The van der Waals surface area contributed by atoms with Gasteiger partial charge >= 0.3 is 0 Å². The van der Waals surface area contributed by atoms with Crippen molar-refractivity contribution in [3.05, 3.63) is 18.0 Å². The molecule has 0 unspecified atom stereocenters. The lowest BCUT2D eigenvalue weighted by atomic mass is 10.1. The third kappa shape index (κ3) is 4.14. The molecule has 0 fully saturated rings. The van der Waals surface area contributed by atoms with Crippen LogP contribution in [0.2, 0.25) is 0 Å². The summed E-state index contributed by atoms with van der Waals surface area (Å²) in [6.07, 6.45) is 3.39. The van der Waals surface area contributed by atoms with Gasteiger partial charge in [-0.15, -0.1) is 0 Å². The molecule has 0 bridgehead atoms. The van der Waals surface area contributed by atoms with Crippen molar-refractivity contribution in [3.63, 3.8) is 0 Å². The predicted octanol–water partition coefficient (Wildman–Crippen LogP) is 1.37. The Morgan fingerprint density at radius 1 is 1.50 bits per heavy atom. The number of aromatic nitrogens is 2. The van der Waals surface area contributed by atoms with E-state index in [9.17, 15) is 4.79 Å². The molecular weight excluding hydrogens is 228 g/mol. The highest BCUT2D eigenvalue weighted by Gasteiger charge is 2.16. The molecule has 0 saturated heterocycles. The zero-order valence-corrected chi connectivity index (χ0v) is 11.9. The van der Waals surface area contributed by atoms with E-state index < -0.39 is 0 Å². The van der Waals surface area contributed by atoms with Crippen LogP contribution in [0.4, 0.5) is 0 Å². The third-order valence-electron chi connectivity index (χ3n) is 2.65. The van der Waals surface area contributed by atoms with Crippen molar-refractivity contribution in [2.45, 2.75) is 46.2 Å². The smallest absolute Gasteiger partial charge is 0.254 e. The lowest BCUT2D eigenvalue weighted by Crippen LogP contribution is -2.38. The van der Waals surface area contributed by atoms with E-state index in [0.29, 0.717) is 12.1 Å². The standard InChI is InChI=1S/C13H24N4O/c1-6-14-10(2)7-15-12(18)11-8-16-17(9-11)13(3,4)5/h8-10,14H,6-7H2,1-5H3,(H,15,18)/t10-/m1/s1. The Balaban J connectivity index is 2.55. The van der Waals surface area contributed by atoms with Crippen LogP contribution in [0.1, 0.15) is 45.0 Å². The topological polar surface area (TPSA) is 58.9 Å². The molecule has 0 aromatic carbocycles. The van der Waals surface area contributed by atoms with E-state index in [1.165, 1.54) is 0 Å². The first kappa shape index (κ1) is 14.7. The number of likely N-dealkylation sites (N-methyl/N-ethyl adjacent to an activating group) is 1. The zero-order chi connectivity index (χ0) is 13.8. The van der Waals surface area contributed by atoms with Crippen LogP contribution in [-0.4, -0.2) is 34.8 Å². The van der Waals surface area contributed by atoms with Crippen LogP contribution in [-0.2, 0) is 5.54 Å². The number of carbonyl (C=O) groups is 1. The van der Waals surface area contributed by atoms with Gasteiger partial charge in [-0.3, -0.25) is 9.48 Å². The van der Waals surface area contributed by atoms with Gasteiger partial charge in [0.05, 0.1) is 17.3 Å². The molecule has 1 rings (SSSR count). The van der Waals surface area contributed by atoms with Crippen LogP contribution < -0.4 is 10.6 Å². The Morgan fingerprint density at radius 3 is 2.67 bits per heavy atom. The number of hydrogen-bond donors (Lipinski definition) is 2. The second-order valence-corrected chi connectivity index (χ2v) is 5.51. The summed E-state index contributed by atoms with van der Waals surface area (Å²) in [4.78, 5) is 11.9. The summed E-state index contributed by atoms with van der Waals surface area (Å²) in [6, 6.07) is 0.275. The molecule has 5 nitrogen and oxygen atoms in total. The molecule has 0 spiro atoms. The van der Waals surface area contributed by atoms with Gasteiger partial charge in [0.15, 0.2) is 0 Å². The van der Waals surface area contributed by atoms with Gasteiger partial charge in [-0.1, -0.05) is 6.92 Å². The van der Waals surface area contributed by atoms with Gasteiger partial charge < -0.3 is 10.6 Å². The molecule has 0 aliphatic heterocycles. The molecule has 2 N–H and O–H groups in total. The first-order valence-corrected chi connectivity index (χ1v) is 6.41. The normalized spacial score (nSPS) is 13.4. The molecule has 1 aromatic rings. The van der Waals surface area contributed by atoms with Crippen LogP contribution in [0.15, 0.2) is 12.4 Å². The Kier molecular flexibility index (Phi) is 4.90. The van der Waals surface area contributed by atoms with E-state index >= 15 is 0 Å². The minimum Gasteiger partial charge on any atom is -0.350 e. The van der Waals surface area contributed by atoms with Crippen LogP contribution >= 0.6 is 0 Å². The van der Waals surface area contributed by atoms with Gasteiger partial charge in [-0.25, -0.2) is 0 Å². The fourth-order valence-corrected chi connectivity index (χ4v) is 1.58. The van der Waals surface area contributed by atoms with E-state index in [2.05, 4.69) is 36.5 Å². The predicted molar refractivity (Wildman–Crippen MR) is 72.7 cm³/mol. The molecule has 102 valence electrons. The maximum absolute atomic E-state index is 11.9. The highest BCUT2D eigenvalue weighted by Crippen LogP contribution is 2.12. The van der Waals surface area contributed by atoms with Crippen molar-refractivity contribution in [3.8, 4) is 0 Å². The molecule has 1 heterocycles. The summed E-state index contributed by atoms with van der Waals surface area (Å²) < 4.78 is 1.80. The summed E-state index contributed by atoms with van der Waals surface area (Å²) in [5.41, 5.74) is 0.504. The summed E-state index contributed by atoms with van der Waals surface area (Å²) in [7, 11) is 0. The van der Waals surface area contributed by atoms with Crippen molar-refractivity contribution >= 4 is 5.91 Å². The van der Waals surface area contributed by atoms with E-state index in [-0.39, 0.29) is 17.5 Å². The molecule has 1 aromatic heterocycles. The van der Waals surface area contributed by atoms with E-state index in [0.717, 1.165) is 6.54 Å². The first-order chi connectivity index (χ1) is 8.34. The molecular formula is C13H24N4O. The van der Waals surface area contributed by atoms with Crippen molar-refractivity contribution in [2.24, 2.45) is 0 Å². The fraction of sp³-hybridized carbons (Fsp3) is 0.692. The Morgan fingerprint density at radius 2 is 2.17 bits per heavy atom. The molecule has 0 aliphatic carbocycles. The number of nitrogens with zero attached hydrogens (tertiary/aromatic N) is 2. The number of carbonyl (C=O) groups excluding carboxylic acids is 1. The zero-order valence-electron chi connectivity index (χ0n) is 11.9. The summed E-state index contributed by atoms with van der Waals surface area (Å²) in [5, 5.41) is 10.4. The highest BCUT2D eigenvalue weighted by molar-refractivity contribution is 5.93. The van der Waals surface area contributed by atoms with Gasteiger partial charge in [0.2, 0.25) is 0 Å². The van der Waals surface area contributed by atoms with Gasteiger partial charge in [0.25, 0.3) is 5.91 Å². The van der Waals surface area contributed by atoms with E-state index in [1.54, 1.807) is 17.1 Å². The minimum absolute atomic E-state index is 0.0738. The average molecular weight is 252 g/mol. The lowest BCUT2D eigenvalue weighted by Gasteiger charge is -2.18. The molecule has 5 heteroatoms. The molecule has 1 atom stereocenters. The second kappa shape index (κ2) is 6.00. The molecule has 0 saturated carbocycles. The SMILES string of the molecule is CCN[C@H](C)CNC(=O)c1cnn(C(C)(C)C)c1. The summed E-state index contributed by atoms with van der Waals surface area (Å²) >= 11 is 0. The highest BCUT2D eigenvalue weighted by atomic mass is 16.1. The van der Waals surface area contributed by atoms with Crippen molar-refractivity contribution in [2.75, 3.05) is 13.1 Å². The van der Waals surface area contributed by atoms with E-state index in [1.807, 2.05) is 13.8 Å². The summed E-state index contributed by atoms with van der Waals surface area (Å²) in [6.45, 7) is 11.8. The fourth-order valence-electron chi connectivity index (χ4n) is 1.58. The number of nitrogens with one attached hydrogen (secondary N) is 2. The van der Waals surface area contributed by atoms with Crippen LogP contribution in [0.5, 0.6) is 0 Å². The Hall–Kier alpha value is -1.36. The quantitative estimate of drug-likeness (QED) is 0.832. The van der Waals surface area contributed by atoms with E-state index in [4.69, 9.17) is 0 Å². The number of rotatable bonds is 5. The van der Waals surface area contributed by atoms with Gasteiger partial charge in [0, 0.05) is 18.8 Å². The Labute approximate surface area is 109 Å². The molecule has 0 radical (unpaired) electrons. The van der Waals surface area contributed by atoms with Crippen LogP contribution in [0, 0.1) is 0 Å². The average Bonchev–Trinajstić information content (AvgIpc) is 2.75. The van der Waals surface area contributed by atoms with Gasteiger partial charge in [0.1, 0.15) is 0 Å². The molecule has 0 aliphatic rings. The maximum atomic E-state index is 11.9. The molecule has 18 heavy (non-hydrogen) atoms. The lowest BCUT2D eigenvalue weighted by molar-refractivity contribution is 0.0950. The maximum Gasteiger partial charge on any atom is 0.254 e. The monoisotopic (exact) mass is 252 g/mol. The molecule has 1 amide bonds. The largest absolute Gasteiger partial charge is 0.350 e. The number of hydrogen-bond acceptors (Lipinski definition) is 3. The van der Waals surface area contributed by atoms with Crippen molar-refractivity contribution in [1.82, 2.24) is 20.4 Å². The van der Waals surface area contributed by atoms with Crippen molar-refractivity contribution in [1.29, 1.82) is 0 Å². The van der Waals surface area contributed by atoms with Crippen LogP contribution in [0.25, 0.3) is 0 Å².